The number of hydrogen-bond donors (Lipinski definition) is 1. The summed E-state index contributed by atoms with van der Waals surface area (Å²) < 4.78 is 11.7. The molecule has 2 aromatic carbocycles. The lowest BCUT2D eigenvalue weighted by Gasteiger charge is -2.30. The van der Waals surface area contributed by atoms with Crippen LogP contribution in [0.5, 0.6) is 11.5 Å². The van der Waals surface area contributed by atoms with Crippen LogP contribution in [0.25, 0.3) is 0 Å². The molecule has 0 saturated carbocycles. The number of rotatable bonds is 8. The SMILES string of the molecule is CC(C)N(CC(=O)N(Cc1ccc2c(c1)OCO2)Cc1cccs1)C(=O)Nc1ccccc1Br. The van der Waals surface area contributed by atoms with Crippen LogP contribution in [0.15, 0.2) is 64.5 Å². The minimum Gasteiger partial charge on any atom is -0.454 e. The number of hydrogen-bond acceptors (Lipinski definition) is 5. The minimum atomic E-state index is -0.325. The van der Waals surface area contributed by atoms with Crippen LogP contribution >= 0.6 is 27.3 Å². The third kappa shape index (κ3) is 5.90. The molecule has 3 amide bonds. The number of fused-ring (bicyclic) bond motifs is 1. The van der Waals surface area contributed by atoms with Crippen LogP contribution < -0.4 is 14.8 Å². The molecule has 1 aliphatic rings. The smallest absolute Gasteiger partial charge is 0.322 e. The van der Waals surface area contributed by atoms with Crippen molar-refractivity contribution in [1.82, 2.24) is 9.80 Å². The van der Waals surface area contributed by atoms with Gasteiger partial charge in [-0.2, -0.15) is 0 Å². The Hall–Kier alpha value is -3.04. The van der Waals surface area contributed by atoms with Crippen molar-refractivity contribution in [1.29, 1.82) is 0 Å². The highest BCUT2D eigenvalue weighted by Crippen LogP contribution is 2.33. The van der Waals surface area contributed by atoms with Crippen LogP contribution in [0.3, 0.4) is 0 Å². The number of thiophene rings is 1. The quantitative estimate of drug-likeness (QED) is 0.395. The van der Waals surface area contributed by atoms with Crippen LogP contribution in [-0.2, 0) is 17.9 Å². The Balaban J connectivity index is 1.50. The van der Waals surface area contributed by atoms with Gasteiger partial charge in [-0.05, 0) is 71.1 Å². The number of anilines is 1. The zero-order chi connectivity index (χ0) is 24.1. The third-order valence-corrected chi connectivity index (χ3v) is 6.95. The molecule has 1 aromatic heterocycles. The first-order chi connectivity index (χ1) is 16.4. The van der Waals surface area contributed by atoms with Gasteiger partial charge in [-0.25, -0.2) is 4.79 Å². The van der Waals surface area contributed by atoms with Gasteiger partial charge in [0.25, 0.3) is 0 Å². The van der Waals surface area contributed by atoms with Gasteiger partial charge in [0.05, 0.1) is 12.2 Å². The van der Waals surface area contributed by atoms with Gasteiger partial charge in [-0.15, -0.1) is 11.3 Å². The van der Waals surface area contributed by atoms with Gasteiger partial charge in [0.2, 0.25) is 12.7 Å². The number of carbonyl (C=O) groups excluding carboxylic acids is 2. The van der Waals surface area contributed by atoms with Gasteiger partial charge in [0.1, 0.15) is 6.54 Å². The molecule has 0 radical (unpaired) electrons. The molecule has 1 aliphatic heterocycles. The molecule has 7 nitrogen and oxygen atoms in total. The molecule has 9 heteroatoms. The van der Waals surface area contributed by atoms with E-state index < -0.39 is 0 Å². The topological polar surface area (TPSA) is 71.1 Å². The summed E-state index contributed by atoms with van der Waals surface area (Å²) in [5, 5.41) is 4.89. The second-order valence-electron chi connectivity index (χ2n) is 8.15. The number of nitrogens with one attached hydrogen (secondary N) is 1. The average Bonchev–Trinajstić information content (AvgIpc) is 3.49. The number of nitrogens with zero attached hydrogens (tertiary/aromatic N) is 2. The standard InChI is InChI=1S/C25H26BrN3O4S/c1-17(2)29(25(31)27-21-8-4-3-7-20(21)26)15-24(30)28(14-19-6-5-11-34-19)13-18-9-10-22-23(12-18)33-16-32-22/h3-12,17H,13-16H2,1-2H3,(H,27,31). The Bertz CT molecular complexity index is 1150. The fourth-order valence-corrected chi connectivity index (χ4v) is 4.67. The molecular weight excluding hydrogens is 518 g/mol. The molecule has 0 unspecified atom stereocenters. The van der Waals surface area contributed by atoms with Crippen molar-refractivity contribution in [3.8, 4) is 11.5 Å². The number of urea groups is 1. The maximum absolute atomic E-state index is 13.5. The molecule has 1 N–H and O–H groups in total. The van der Waals surface area contributed by atoms with E-state index in [2.05, 4.69) is 21.2 Å². The summed E-state index contributed by atoms with van der Waals surface area (Å²) in [6, 6.07) is 16.6. The summed E-state index contributed by atoms with van der Waals surface area (Å²) in [7, 11) is 0. The molecule has 0 bridgehead atoms. The summed E-state index contributed by atoms with van der Waals surface area (Å²) in [4.78, 5) is 30.9. The van der Waals surface area contributed by atoms with E-state index >= 15 is 0 Å². The van der Waals surface area contributed by atoms with E-state index in [1.165, 1.54) is 0 Å². The van der Waals surface area contributed by atoms with Gasteiger partial charge < -0.3 is 24.6 Å². The summed E-state index contributed by atoms with van der Waals surface area (Å²) in [5.74, 6) is 1.24. The lowest BCUT2D eigenvalue weighted by molar-refractivity contribution is -0.133. The Kier molecular flexibility index (Phi) is 7.74. The molecule has 0 spiro atoms. The molecule has 0 saturated heterocycles. The summed E-state index contributed by atoms with van der Waals surface area (Å²) in [6.07, 6.45) is 0. The van der Waals surface area contributed by atoms with Crippen molar-refractivity contribution in [2.45, 2.75) is 33.0 Å². The predicted molar refractivity (Wildman–Crippen MR) is 136 cm³/mol. The fourth-order valence-electron chi connectivity index (χ4n) is 3.57. The molecule has 178 valence electrons. The first kappa shape index (κ1) is 24.1. The van der Waals surface area contributed by atoms with Crippen LogP contribution in [0.2, 0.25) is 0 Å². The second-order valence-corrected chi connectivity index (χ2v) is 10.0. The van der Waals surface area contributed by atoms with Crippen molar-refractivity contribution >= 4 is 44.9 Å². The normalized spacial score (nSPS) is 12.0. The number of para-hydroxylation sites is 1. The molecule has 0 atom stereocenters. The van der Waals surface area contributed by atoms with E-state index in [4.69, 9.17) is 9.47 Å². The molecule has 2 heterocycles. The summed E-state index contributed by atoms with van der Waals surface area (Å²) in [6.45, 7) is 4.81. The molecule has 0 aliphatic carbocycles. The number of ether oxygens (including phenoxy) is 2. The number of halogens is 1. The summed E-state index contributed by atoms with van der Waals surface area (Å²) >= 11 is 5.05. The first-order valence-corrected chi connectivity index (χ1v) is 12.6. The highest BCUT2D eigenvalue weighted by atomic mass is 79.9. The second kappa shape index (κ2) is 10.9. The highest BCUT2D eigenvalue weighted by Gasteiger charge is 2.25. The largest absolute Gasteiger partial charge is 0.454 e. The van der Waals surface area contributed by atoms with Crippen LogP contribution in [0, 0.1) is 0 Å². The molecule has 3 aromatic rings. The van der Waals surface area contributed by atoms with Gasteiger partial charge in [0.15, 0.2) is 11.5 Å². The minimum absolute atomic E-state index is 0.0378. The molecule has 34 heavy (non-hydrogen) atoms. The third-order valence-electron chi connectivity index (χ3n) is 5.40. The average molecular weight is 544 g/mol. The van der Waals surface area contributed by atoms with E-state index in [1.807, 2.05) is 73.8 Å². The number of benzene rings is 2. The molecular formula is C25H26BrN3O4S. The van der Waals surface area contributed by atoms with Gasteiger partial charge >= 0.3 is 6.03 Å². The van der Waals surface area contributed by atoms with Crippen molar-refractivity contribution in [3.05, 3.63) is 74.9 Å². The van der Waals surface area contributed by atoms with E-state index in [9.17, 15) is 9.59 Å². The van der Waals surface area contributed by atoms with Crippen molar-refractivity contribution in [2.75, 3.05) is 18.7 Å². The fraction of sp³-hybridized carbons (Fsp3) is 0.280. The summed E-state index contributed by atoms with van der Waals surface area (Å²) in [5.41, 5.74) is 1.59. The Morgan fingerprint density at radius 3 is 2.59 bits per heavy atom. The van der Waals surface area contributed by atoms with Crippen LogP contribution in [0.1, 0.15) is 24.3 Å². The maximum Gasteiger partial charge on any atom is 0.322 e. The van der Waals surface area contributed by atoms with Crippen LogP contribution in [0.4, 0.5) is 10.5 Å². The van der Waals surface area contributed by atoms with Gasteiger partial charge in [0, 0.05) is 21.9 Å². The van der Waals surface area contributed by atoms with E-state index in [0.29, 0.717) is 30.3 Å². The zero-order valence-electron chi connectivity index (χ0n) is 19.0. The lowest BCUT2D eigenvalue weighted by Crippen LogP contribution is -2.47. The van der Waals surface area contributed by atoms with Crippen molar-refractivity contribution < 1.29 is 19.1 Å². The van der Waals surface area contributed by atoms with Crippen molar-refractivity contribution in [3.63, 3.8) is 0 Å². The zero-order valence-corrected chi connectivity index (χ0v) is 21.4. The molecule has 0 fully saturated rings. The maximum atomic E-state index is 13.5. The van der Waals surface area contributed by atoms with E-state index in [1.54, 1.807) is 21.1 Å². The Labute approximate surface area is 211 Å². The van der Waals surface area contributed by atoms with Crippen molar-refractivity contribution in [2.24, 2.45) is 0 Å². The van der Waals surface area contributed by atoms with E-state index in [0.717, 1.165) is 14.9 Å². The lowest BCUT2D eigenvalue weighted by atomic mass is 10.2. The van der Waals surface area contributed by atoms with E-state index in [-0.39, 0.29) is 31.3 Å². The predicted octanol–water partition coefficient (Wildman–Crippen LogP) is 5.71. The first-order valence-electron chi connectivity index (χ1n) is 10.9. The van der Waals surface area contributed by atoms with Gasteiger partial charge in [-0.1, -0.05) is 24.3 Å². The number of carbonyl (C=O) groups is 2. The van der Waals surface area contributed by atoms with Gasteiger partial charge in [-0.3, -0.25) is 4.79 Å². The monoisotopic (exact) mass is 543 g/mol. The Morgan fingerprint density at radius 1 is 1.06 bits per heavy atom. The Morgan fingerprint density at radius 2 is 1.85 bits per heavy atom. The molecule has 4 rings (SSSR count). The van der Waals surface area contributed by atoms with Crippen LogP contribution in [-0.4, -0.2) is 41.1 Å². The highest BCUT2D eigenvalue weighted by molar-refractivity contribution is 9.10. The number of amides is 3.